The Morgan fingerprint density at radius 2 is 1.80 bits per heavy atom. The highest BCUT2D eigenvalue weighted by atomic mass is 35.5. The number of anilines is 1. The number of guanidine groups is 1. The second-order valence-electron chi connectivity index (χ2n) is 4.79. The van der Waals surface area contributed by atoms with Gasteiger partial charge in [0.1, 0.15) is 0 Å². The molecule has 0 aliphatic rings. The number of nitrogens with two attached hydrogens (primary N) is 1. The number of nitrogens with zero attached hydrogens (tertiary/aromatic N) is 1. The van der Waals surface area contributed by atoms with Crippen molar-refractivity contribution in [3.8, 4) is 0 Å². The zero-order chi connectivity index (χ0) is 14.5. The minimum absolute atomic E-state index is 0.384. The quantitative estimate of drug-likeness (QED) is 0.665. The van der Waals surface area contributed by atoms with Crippen LogP contribution in [0.1, 0.15) is 16.7 Å². The molecule has 0 unspecified atom stereocenters. The molecule has 2 rings (SSSR count). The van der Waals surface area contributed by atoms with Crippen molar-refractivity contribution in [2.24, 2.45) is 10.7 Å². The van der Waals surface area contributed by atoms with Crippen molar-refractivity contribution in [2.45, 2.75) is 20.4 Å². The standard InChI is InChI=1S/C16H18ClN3/c1-11-7-12(2)9-14(8-11)20-16(18)19-10-13-5-3-4-6-15(13)17/h3-9H,10H2,1-2H3,(H3,18,19,20). The molecule has 0 radical (unpaired) electrons. The van der Waals surface area contributed by atoms with Crippen LogP contribution >= 0.6 is 11.6 Å². The van der Waals surface area contributed by atoms with E-state index in [0.29, 0.717) is 17.5 Å². The Labute approximate surface area is 124 Å². The molecule has 104 valence electrons. The van der Waals surface area contributed by atoms with Crippen molar-refractivity contribution >= 4 is 23.2 Å². The molecule has 0 fully saturated rings. The van der Waals surface area contributed by atoms with Crippen LogP contribution < -0.4 is 11.1 Å². The summed E-state index contributed by atoms with van der Waals surface area (Å²) in [6.45, 7) is 4.56. The zero-order valence-corrected chi connectivity index (χ0v) is 12.4. The van der Waals surface area contributed by atoms with Gasteiger partial charge in [-0.3, -0.25) is 0 Å². The molecule has 0 atom stereocenters. The summed E-state index contributed by atoms with van der Waals surface area (Å²) in [6.07, 6.45) is 0. The van der Waals surface area contributed by atoms with Crippen LogP contribution in [0.5, 0.6) is 0 Å². The SMILES string of the molecule is Cc1cc(C)cc(NC(N)=NCc2ccccc2Cl)c1. The van der Waals surface area contributed by atoms with E-state index >= 15 is 0 Å². The number of hydrogen-bond acceptors (Lipinski definition) is 1. The molecule has 3 N–H and O–H groups in total. The number of halogens is 1. The maximum absolute atomic E-state index is 6.08. The Bertz CT molecular complexity index is 615. The molecule has 0 saturated heterocycles. The molecule has 0 heterocycles. The maximum Gasteiger partial charge on any atom is 0.193 e. The molecule has 2 aromatic carbocycles. The van der Waals surface area contributed by atoms with E-state index in [9.17, 15) is 0 Å². The van der Waals surface area contributed by atoms with Crippen molar-refractivity contribution in [1.29, 1.82) is 0 Å². The van der Waals surface area contributed by atoms with E-state index < -0.39 is 0 Å². The Hall–Kier alpha value is -2.00. The van der Waals surface area contributed by atoms with Crippen LogP contribution in [-0.4, -0.2) is 5.96 Å². The molecule has 0 saturated carbocycles. The highest BCUT2D eigenvalue weighted by Crippen LogP contribution is 2.16. The molecule has 0 bridgehead atoms. The van der Waals surface area contributed by atoms with E-state index in [4.69, 9.17) is 17.3 Å². The number of hydrogen-bond donors (Lipinski definition) is 2. The largest absolute Gasteiger partial charge is 0.370 e. The topological polar surface area (TPSA) is 50.4 Å². The summed E-state index contributed by atoms with van der Waals surface area (Å²) in [6, 6.07) is 13.8. The third-order valence-electron chi connectivity index (χ3n) is 2.87. The highest BCUT2D eigenvalue weighted by molar-refractivity contribution is 6.31. The van der Waals surface area contributed by atoms with Gasteiger partial charge in [-0.2, -0.15) is 0 Å². The fraction of sp³-hybridized carbons (Fsp3) is 0.188. The molecular weight excluding hydrogens is 270 g/mol. The zero-order valence-electron chi connectivity index (χ0n) is 11.7. The lowest BCUT2D eigenvalue weighted by atomic mass is 10.1. The van der Waals surface area contributed by atoms with Crippen LogP contribution in [0.3, 0.4) is 0 Å². The average molecular weight is 288 g/mol. The summed E-state index contributed by atoms with van der Waals surface area (Å²) in [5.74, 6) is 0.384. The van der Waals surface area contributed by atoms with E-state index in [1.165, 1.54) is 11.1 Å². The van der Waals surface area contributed by atoms with Gasteiger partial charge in [-0.1, -0.05) is 35.9 Å². The molecule has 2 aromatic rings. The minimum Gasteiger partial charge on any atom is -0.370 e. The summed E-state index contributed by atoms with van der Waals surface area (Å²) < 4.78 is 0. The average Bonchev–Trinajstić information content (AvgIpc) is 2.36. The molecule has 0 spiro atoms. The fourth-order valence-corrected chi connectivity index (χ4v) is 2.23. The van der Waals surface area contributed by atoms with Gasteiger partial charge in [-0.25, -0.2) is 4.99 Å². The first kappa shape index (κ1) is 14.4. The summed E-state index contributed by atoms with van der Waals surface area (Å²) in [5, 5.41) is 3.80. The third kappa shape index (κ3) is 4.00. The van der Waals surface area contributed by atoms with Gasteiger partial charge in [0.05, 0.1) is 6.54 Å². The number of nitrogens with one attached hydrogen (secondary N) is 1. The van der Waals surface area contributed by atoms with Gasteiger partial charge in [0.15, 0.2) is 5.96 Å². The lowest BCUT2D eigenvalue weighted by Crippen LogP contribution is -2.22. The van der Waals surface area contributed by atoms with E-state index in [0.717, 1.165) is 11.3 Å². The smallest absolute Gasteiger partial charge is 0.193 e. The fourth-order valence-electron chi connectivity index (χ4n) is 2.03. The van der Waals surface area contributed by atoms with Crippen LogP contribution in [0.25, 0.3) is 0 Å². The molecular formula is C16H18ClN3. The maximum atomic E-state index is 6.08. The second-order valence-corrected chi connectivity index (χ2v) is 5.20. The first-order valence-corrected chi connectivity index (χ1v) is 6.81. The lowest BCUT2D eigenvalue weighted by Gasteiger charge is -2.08. The van der Waals surface area contributed by atoms with E-state index in [1.54, 1.807) is 0 Å². The summed E-state index contributed by atoms with van der Waals surface area (Å²) in [5.41, 5.74) is 10.2. The van der Waals surface area contributed by atoms with Crippen molar-refractivity contribution < 1.29 is 0 Å². The highest BCUT2D eigenvalue weighted by Gasteiger charge is 2.00. The molecule has 0 amide bonds. The molecule has 0 aromatic heterocycles. The third-order valence-corrected chi connectivity index (χ3v) is 3.24. The van der Waals surface area contributed by atoms with Crippen molar-refractivity contribution in [3.05, 3.63) is 64.2 Å². The van der Waals surface area contributed by atoms with Crippen LogP contribution in [0, 0.1) is 13.8 Å². The predicted octanol–water partition coefficient (Wildman–Crippen LogP) is 3.88. The van der Waals surface area contributed by atoms with Crippen LogP contribution in [-0.2, 0) is 6.54 Å². The first-order chi connectivity index (χ1) is 9.54. The molecule has 3 nitrogen and oxygen atoms in total. The van der Waals surface area contributed by atoms with Gasteiger partial charge in [0, 0.05) is 10.7 Å². The monoisotopic (exact) mass is 287 g/mol. The Balaban J connectivity index is 2.06. The van der Waals surface area contributed by atoms with Crippen LogP contribution in [0.15, 0.2) is 47.5 Å². The predicted molar refractivity (Wildman–Crippen MR) is 86.3 cm³/mol. The van der Waals surface area contributed by atoms with Crippen molar-refractivity contribution in [2.75, 3.05) is 5.32 Å². The second kappa shape index (κ2) is 6.44. The number of aliphatic imine (C=N–C) groups is 1. The van der Waals surface area contributed by atoms with Gasteiger partial charge >= 0.3 is 0 Å². The number of rotatable bonds is 3. The van der Waals surface area contributed by atoms with Crippen LogP contribution in [0.2, 0.25) is 5.02 Å². The Kier molecular flexibility index (Phi) is 4.64. The number of aryl methyl sites for hydroxylation is 2. The van der Waals surface area contributed by atoms with Gasteiger partial charge in [-0.15, -0.1) is 0 Å². The molecule has 20 heavy (non-hydrogen) atoms. The summed E-state index contributed by atoms with van der Waals surface area (Å²) >= 11 is 6.08. The molecule has 4 heteroatoms. The van der Waals surface area contributed by atoms with Gasteiger partial charge in [0.25, 0.3) is 0 Å². The normalized spacial score (nSPS) is 11.4. The van der Waals surface area contributed by atoms with Crippen molar-refractivity contribution in [1.82, 2.24) is 0 Å². The lowest BCUT2D eigenvalue weighted by molar-refractivity contribution is 1.06. The minimum atomic E-state index is 0.384. The van der Waals surface area contributed by atoms with Crippen LogP contribution in [0.4, 0.5) is 5.69 Å². The van der Waals surface area contributed by atoms with Gasteiger partial charge in [-0.05, 0) is 48.7 Å². The summed E-state index contributed by atoms with van der Waals surface area (Å²) in [4.78, 5) is 4.31. The molecule has 0 aliphatic carbocycles. The Morgan fingerprint density at radius 1 is 1.15 bits per heavy atom. The van der Waals surface area contributed by atoms with E-state index in [1.807, 2.05) is 36.4 Å². The van der Waals surface area contributed by atoms with Gasteiger partial charge in [0.2, 0.25) is 0 Å². The van der Waals surface area contributed by atoms with Crippen molar-refractivity contribution in [3.63, 3.8) is 0 Å². The first-order valence-electron chi connectivity index (χ1n) is 6.43. The van der Waals surface area contributed by atoms with Gasteiger partial charge < -0.3 is 11.1 Å². The van der Waals surface area contributed by atoms with E-state index in [-0.39, 0.29) is 0 Å². The number of benzene rings is 2. The molecule has 0 aliphatic heterocycles. The van der Waals surface area contributed by atoms with E-state index in [2.05, 4.69) is 30.2 Å². The Morgan fingerprint density at radius 3 is 2.45 bits per heavy atom. The summed E-state index contributed by atoms with van der Waals surface area (Å²) in [7, 11) is 0.